The van der Waals surface area contributed by atoms with E-state index in [1.54, 1.807) is 12.5 Å². The van der Waals surface area contributed by atoms with Gasteiger partial charge in [-0.2, -0.15) is 0 Å². The zero-order chi connectivity index (χ0) is 13.1. The SMILES string of the molecule is O=C1NNC(c2ccccc2)=NC1Cc1cnc[nH]1. The maximum Gasteiger partial charge on any atom is 0.263 e. The fourth-order valence-electron chi connectivity index (χ4n) is 1.94. The second kappa shape index (κ2) is 4.93. The van der Waals surface area contributed by atoms with Crippen LogP contribution in [0.1, 0.15) is 11.3 Å². The molecule has 0 aliphatic carbocycles. The van der Waals surface area contributed by atoms with Gasteiger partial charge in [-0.05, 0) is 0 Å². The zero-order valence-electron chi connectivity index (χ0n) is 10.1. The van der Waals surface area contributed by atoms with E-state index in [1.807, 2.05) is 30.3 Å². The molecular weight excluding hydrogens is 242 g/mol. The number of benzene rings is 1. The highest BCUT2D eigenvalue weighted by Crippen LogP contribution is 2.08. The van der Waals surface area contributed by atoms with Gasteiger partial charge in [-0.25, -0.2) is 4.98 Å². The molecule has 1 aromatic heterocycles. The van der Waals surface area contributed by atoms with Gasteiger partial charge < -0.3 is 4.98 Å². The fourth-order valence-corrected chi connectivity index (χ4v) is 1.94. The van der Waals surface area contributed by atoms with Gasteiger partial charge in [0.2, 0.25) is 0 Å². The van der Waals surface area contributed by atoms with Crippen LogP contribution in [0, 0.1) is 0 Å². The van der Waals surface area contributed by atoms with Gasteiger partial charge in [0.1, 0.15) is 11.9 Å². The third-order valence-corrected chi connectivity index (χ3v) is 2.91. The number of aliphatic imine (C=N–C) groups is 1. The van der Waals surface area contributed by atoms with Crippen LogP contribution in [0.2, 0.25) is 0 Å². The largest absolute Gasteiger partial charge is 0.348 e. The van der Waals surface area contributed by atoms with Gasteiger partial charge in [-0.15, -0.1) is 0 Å². The average Bonchev–Trinajstić information content (AvgIpc) is 2.95. The van der Waals surface area contributed by atoms with Gasteiger partial charge in [0.15, 0.2) is 0 Å². The van der Waals surface area contributed by atoms with Crippen LogP contribution in [0.5, 0.6) is 0 Å². The number of hydrazine groups is 1. The summed E-state index contributed by atoms with van der Waals surface area (Å²) in [5.74, 6) is 0.527. The Bertz CT molecular complexity index is 591. The van der Waals surface area contributed by atoms with Crippen molar-refractivity contribution in [2.45, 2.75) is 12.5 Å². The lowest BCUT2D eigenvalue weighted by Gasteiger charge is -2.22. The number of amides is 1. The number of aromatic nitrogens is 2. The van der Waals surface area contributed by atoms with E-state index in [-0.39, 0.29) is 5.91 Å². The van der Waals surface area contributed by atoms with Crippen molar-refractivity contribution >= 4 is 11.7 Å². The lowest BCUT2D eigenvalue weighted by atomic mass is 10.1. The van der Waals surface area contributed by atoms with Crippen molar-refractivity contribution in [1.29, 1.82) is 0 Å². The predicted octanol–water partition coefficient (Wildman–Crippen LogP) is 0.402. The van der Waals surface area contributed by atoms with E-state index < -0.39 is 6.04 Å². The number of nitrogens with one attached hydrogen (secondary N) is 3. The summed E-state index contributed by atoms with van der Waals surface area (Å²) in [4.78, 5) is 23.2. The Balaban J connectivity index is 1.84. The van der Waals surface area contributed by atoms with Crippen molar-refractivity contribution < 1.29 is 4.79 Å². The fraction of sp³-hybridized carbons (Fsp3) is 0.154. The van der Waals surface area contributed by atoms with Crippen LogP contribution in [0.4, 0.5) is 0 Å². The first-order valence-corrected chi connectivity index (χ1v) is 5.99. The molecule has 96 valence electrons. The third kappa shape index (κ3) is 2.47. The van der Waals surface area contributed by atoms with Gasteiger partial charge in [-0.1, -0.05) is 30.3 Å². The van der Waals surface area contributed by atoms with E-state index in [9.17, 15) is 4.79 Å². The molecule has 1 aliphatic rings. The van der Waals surface area contributed by atoms with Gasteiger partial charge in [0.05, 0.1) is 6.33 Å². The number of imidazole rings is 1. The lowest BCUT2D eigenvalue weighted by Crippen LogP contribution is -2.52. The van der Waals surface area contributed by atoms with Crippen LogP contribution in [-0.2, 0) is 11.2 Å². The molecule has 6 heteroatoms. The Morgan fingerprint density at radius 2 is 2.00 bits per heavy atom. The number of hydrogen-bond donors (Lipinski definition) is 3. The molecule has 19 heavy (non-hydrogen) atoms. The van der Waals surface area contributed by atoms with Crippen molar-refractivity contribution in [3.05, 3.63) is 54.1 Å². The molecule has 0 bridgehead atoms. The molecule has 3 N–H and O–H groups in total. The third-order valence-electron chi connectivity index (χ3n) is 2.91. The minimum Gasteiger partial charge on any atom is -0.348 e. The Morgan fingerprint density at radius 1 is 1.16 bits per heavy atom. The highest BCUT2D eigenvalue weighted by atomic mass is 16.2. The summed E-state index contributed by atoms with van der Waals surface area (Å²) >= 11 is 0. The molecule has 1 amide bonds. The Morgan fingerprint density at radius 3 is 2.74 bits per heavy atom. The van der Waals surface area contributed by atoms with E-state index in [0.717, 1.165) is 11.3 Å². The van der Waals surface area contributed by atoms with Crippen LogP contribution in [0.3, 0.4) is 0 Å². The van der Waals surface area contributed by atoms with Crippen LogP contribution >= 0.6 is 0 Å². The summed E-state index contributed by atoms with van der Waals surface area (Å²) in [5.41, 5.74) is 7.29. The molecular formula is C13H13N5O. The quantitative estimate of drug-likeness (QED) is 0.742. The Hall–Kier alpha value is -2.63. The number of H-pyrrole nitrogens is 1. The monoisotopic (exact) mass is 255 g/mol. The minimum absolute atomic E-state index is 0.144. The first kappa shape index (κ1) is 11.5. The van der Waals surface area contributed by atoms with Gasteiger partial charge in [-0.3, -0.25) is 20.6 Å². The van der Waals surface area contributed by atoms with E-state index in [2.05, 4.69) is 25.8 Å². The average molecular weight is 255 g/mol. The second-order valence-corrected chi connectivity index (χ2v) is 4.25. The van der Waals surface area contributed by atoms with E-state index >= 15 is 0 Å². The maximum atomic E-state index is 11.8. The smallest absolute Gasteiger partial charge is 0.263 e. The van der Waals surface area contributed by atoms with E-state index in [4.69, 9.17) is 0 Å². The van der Waals surface area contributed by atoms with Gasteiger partial charge >= 0.3 is 0 Å². The Labute approximate surface area is 109 Å². The second-order valence-electron chi connectivity index (χ2n) is 4.25. The number of carbonyl (C=O) groups excluding carboxylic acids is 1. The van der Waals surface area contributed by atoms with Crippen LogP contribution in [0.25, 0.3) is 0 Å². The molecule has 0 radical (unpaired) electrons. The molecule has 0 saturated carbocycles. The van der Waals surface area contributed by atoms with Crippen LogP contribution in [-0.4, -0.2) is 27.8 Å². The first-order valence-electron chi connectivity index (χ1n) is 5.99. The molecule has 1 atom stereocenters. The van der Waals surface area contributed by atoms with Crippen LogP contribution in [0.15, 0.2) is 47.8 Å². The molecule has 0 saturated heterocycles. The molecule has 3 rings (SSSR count). The number of carbonyl (C=O) groups is 1. The molecule has 1 aromatic carbocycles. The van der Waals surface area contributed by atoms with Gasteiger partial charge in [0, 0.05) is 23.9 Å². The predicted molar refractivity (Wildman–Crippen MR) is 70.3 cm³/mol. The van der Waals surface area contributed by atoms with Crippen molar-refractivity contribution in [2.24, 2.45) is 4.99 Å². The Kier molecular flexibility index (Phi) is 2.97. The standard InChI is InChI=1S/C13H13N5O/c19-13-11(6-10-7-14-8-15-10)16-12(17-18-13)9-4-2-1-3-5-9/h1-5,7-8,11H,6H2,(H,14,15)(H,16,17)(H,18,19). The number of nitrogens with zero attached hydrogens (tertiary/aromatic N) is 2. The number of hydrogen-bond acceptors (Lipinski definition) is 4. The molecule has 0 fully saturated rings. The molecule has 2 heterocycles. The summed E-state index contributed by atoms with van der Waals surface area (Å²) in [6.45, 7) is 0. The van der Waals surface area contributed by atoms with Crippen molar-refractivity contribution in [1.82, 2.24) is 20.8 Å². The normalized spacial score (nSPS) is 18.4. The summed E-state index contributed by atoms with van der Waals surface area (Å²) in [7, 11) is 0. The van der Waals surface area contributed by atoms with E-state index in [1.165, 1.54) is 0 Å². The van der Waals surface area contributed by atoms with Crippen molar-refractivity contribution in [3.63, 3.8) is 0 Å². The zero-order valence-corrected chi connectivity index (χ0v) is 10.1. The number of amidine groups is 1. The summed E-state index contributed by atoms with van der Waals surface area (Å²) < 4.78 is 0. The molecule has 0 spiro atoms. The lowest BCUT2D eigenvalue weighted by molar-refractivity contribution is -0.123. The number of aromatic amines is 1. The topological polar surface area (TPSA) is 82.2 Å². The molecule has 6 nitrogen and oxygen atoms in total. The molecule has 2 aromatic rings. The van der Waals surface area contributed by atoms with E-state index in [0.29, 0.717) is 12.3 Å². The molecule has 1 unspecified atom stereocenters. The summed E-state index contributed by atoms with van der Waals surface area (Å²) in [6.07, 6.45) is 3.80. The summed E-state index contributed by atoms with van der Waals surface area (Å²) in [5, 5.41) is 0. The molecule has 1 aliphatic heterocycles. The summed E-state index contributed by atoms with van der Waals surface area (Å²) in [6, 6.07) is 9.23. The van der Waals surface area contributed by atoms with Crippen LogP contribution < -0.4 is 10.9 Å². The van der Waals surface area contributed by atoms with Crippen molar-refractivity contribution in [3.8, 4) is 0 Å². The first-order chi connectivity index (χ1) is 9.33. The van der Waals surface area contributed by atoms with Gasteiger partial charge in [0.25, 0.3) is 5.91 Å². The van der Waals surface area contributed by atoms with Crippen molar-refractivity contribution in [2.75, 3.05) is 0 Å². The minimum atomic E-state index is -0.447. The highest BCUT2D eigenvalue weighted by Gasteiger charge is 2.24. The number of rotatable bonds is 3. The maximum absolute atomic E-state index is 11.8. The highest BCUT2D eigenvalue weighted by molar-refractivity contribution is 6.03.